The fourth-order valence-electron chi connectivity index (χ4n) is 1.77. The molecule has 0 aliphatic rings. The standard InChI is InChI=1S/C15H22BrNO2/c1-15(2,17-11-13(16)14(18)19-3)10-9-12-7-5-4-6-8-12/h4-8,13,17H,9-11H2,1-3H3. The highest BCUT2D eigenvalue weighted by atomic mass is 79.9. The molecule has 1 aromatic rings. The van der Waals surface area contributed by atoms with Gasteiger partial charge in [-0.1, -0.05) is 46.3 Å². The fraction of sp³-hybridized carbons (Fsp3) is 0.533. The first-order valence-electron chi connectivity index (χ1n) is 6.45. The minimum Gasteiger partial charge on any atom is -0.468 e. The summed E-state index contributed by atoms with van der Waals surface area (Å²) in [5, 5.41) is 3.40. The predicted octanol–water partition coefficient (Wildman–Crippen LogP) is 2.92. The lowest BCUT2D eigenvalue weighted by atomic mass is 9.95. The Morgan fingerprint density at radius 1 is 1.37 bits per heavy atom. The summed E-state index contributed by atoms with van der Waals surface area (Å²) in [6, 6.07) is 10.4. The first-order valence-corrected chi connectivity index (χ1v) is 7.37. The van der Waals surface area contributed by atoms with Crippen molar-refractivity contribution in [3.05, 3.63) is 35.9 Å². The Bertz CT molecular complexity index is 392. The minimum atomic E-state index is -0.298. The predicted molar refractivity (Wildman–Crippen MR) is 81.6 cm³/mol. The highest BCUT2D eigenvalue weighted by molar-refractivity contribution is 9.10. The van der Waals surface area contributed by atoms with E-state index < -0.39 is 0 Å². The molecule has 0 fully saturated rings. The highest BCUT2D eigenvalue weighted by Crippen LogP contribution is 2.14. The molecular formula is C15H22BrNO2. The Morgan fingerprint density at radius 2 is 2.00 bits per heavy atom. The maximum Gasteiger partial charge on any atom is 0.320 e. The molecule has 1 atom stereocenters. The van der Waals surface area contributed by atoms with Gasteiger partial charge in [0.05, 0.1) is 7.11 Å². The third-order valence-electron chi connectivity index (χ3n) is 3.10. The Balaban J connectivity index is 2.37. The molecule has 0 spiro atoms. The van der Waals surface area contributed by atoms with Gasteiger partial charge < -0.3 is 10.1 Å². The number of nitrogens with one attached hydrogen (secondary N) is 1. The van der Waals surface area contributed by atoms with E-state index in [0.29, 0.717) is 6.54 Å². The summed E-state index contributed by atoms with van der Waals surface area (Å²) < 4.78 is 4.68. The number of ether oxygens (including phenoxy) is 1. The van der Waals surface area contributed by atoms with E-state index in [2.05, 4.69) is 64.1 Å². The van der Waals surface area contributed by atoms with Gasteiger partial charge in [0.1, 0.15) is 4.83 Å². The quantitative estimate of drug-likeness (QED) is 0.618. The van der Waals surface area contributed by atoms with E-state index in [-0.39, 0.29) is 16.3 Å². The summed E-state index contributed by atoms with van der Waals surface area (Å²) in [5.74, 6) is -0.244. The van der Waals surface area contributed by atoms with E-state index in [4.69, 9.17) is 0 Å². The summed E-state index contributed by atoms with van der Waals surface area (Å²) >= 11 is 3.32. The number of halogens is 1. The normalized spacial score (nSPS) is 13.1. The number of methoxy groups -OCH3 is 1. The maximum absolute atomic E-state index is 11.3. The molecule has 0 bridgehead atoms. The molecule has 19 heavy (non-hydrogen) atoms. The maximum atomic E-state index is 11.3. The van der Waals surface area contributed by atoms with E-state index >= 15 is 0 Å². The van der Waals surface area contributed by atoms with Crippen molar-refractivity contribution in [2.75, 3.05) is 13.7 Å². The lowest BCUT2D eigenvalue weighted by Crippen LogP contribution is -2.44. The number of benzene rings is 1. The summed E-state index contributed by atoms with van der Waals surface area (Å²) in [7, 11) is 1.40. The molecule has 0 aromatic heterocycles. The molecule has 1 unspecified atom stereocenters. The number of aryl methyl sites for hydroxylation is 1. The van der Waals surface area contributed by atoms with Gasteiger partial charge in [-0.05, 0) is 32.3 Å². The number of esters is 1. The largest absolute Gasteiger partial charge is 0.468 e. The van der Waals surface area contributed by atoms with E-state index in [9.17, 15) is 4.79 Å². The Labute approximate surface area is 123 Å². The monoisotopic (exact) mass is 327 g/mol. The molecule has 0 amide bonds. The molecule has 0 heterocycles. The number of alkyl halides is 1. The number of rotatable bonds is 7. The molecular weight excluding hydrogens is 306 g/mol. The molecule has 0 aliphatic heterocycles. The molecule has 0 radical (unpaired) electrons. The van der Waals surface area contributed by atoms with Crippen molar-refractivity contribution in [2.24, 2.45) is 0 Å². The number of hydrogen-bond acceptors (Lipinski definition) is 3. The van der Waals surface area contributed by atoms with E-state index in [0.717, 1.165) is 12.8 Å². The zero-order chi connectivity index (χ0) is 14.3. The first kappa shape index (κ1) is 16.2. The van der Waals surface area contributed by atoms with Crippen LogP contribution >= 0.6 is 15.9 Å². The van der Waals surface area contributed by atoms with Gasteiger partial charge in [-0.15, -0.1) is 0 Å². The van der Waals surface area contributed by atoms with E-state index in [1.807, 2.05) is 6.07 Å². The Kier molecular flexibility index (Phi) is 6.52. The van der Waals surface area contributed by atoms with Crippen LogP contribution in [0.3, 0.4) is 0 Å². The zero-order valence-electron chi connectivity index (χ0n) is 11.8. The average molecular weight is 328 g/mol. The van der Waals surface area contributed by atoms with Crippen LogP contribution in [0, 0.1) is 0 Å². The smallest absolute Gasteiger partial charge is 0.320 e. The Hall–Kier alpha value is -0.870. The van der Waals surface area contributed by atoms with Gasteiger partial charge in [-0.2, -0.15) is 0 Å². The molecule has 1 rings (SSSR count). The molecule has 0 saturated carbocycles. The topological polar surface area (TPSA) is 38.3 Å². The van der Waals surface area contributed by atoms with Crippen LogP contribution in [-0.4, -0.2) is 30.0 Å². The third kappa shape index (κ3) is 6.21. The van der Waals surface area contributed by atoms with Crippen LogP contribution in [0.4, 0.5) is 0 Å². The first-order chi connectivity index (χ1) is 8.94. The van der Waals surface area contributed by atoms with Crippen molar-refractivity contribution >= 4 is 21.9 Å². The Morgan fingerprint density at radius 3 is 2.58 bits per heavy atom. The minimum absolute atomic E-state index is 0.0180. The van der Waals surface area contributed by atoms with Crippen molar-refractivity contribution in [1.29, 1.82) is 0 Å². The van der Waals surface area contributed by atoms with Crippen molar-refractivity contribution in [2.45, 2.75) is 37.1 Å². The lowest BCUT2D eigenvalue weighted by molar-refractivity contribution is -0.139. The lowest BCUT2D eigenvalue weighted by Gasteiger charge is -2.27. The van der Waals surface area contributed by atoms with Crippen LogP contribution in [0.15, 0.2) is 30.3 Å². The average Bonchev–Trinajstić information content (AvgIpc) is 2.43. The van der Waals surface area contributed by atoms with Gasteiger partial charge in [0.2, 0.25) is 0 Å². The summed E-state index contributed by atoms with van der Waals surface area (Å²) in [5.41, 5.74) is 1.32. The number of carbonyl (C=O) groups excluding carboxylic acids is 1. The van der Waals surface area contributed by atoms with Crippen LogP contribution in [0.2, 0.25) is 0 Å². The van der Waals surface area contributed by atoms with Crippen molar-refractivity contribution in [3.63, 3.8) is 0 Å². The summed E-state index contributed by atoms with van der Waals surface area (Å²) in [6.07, 6.45) is 2.03. The SMILES string of the molecule is COC(=O)C(Br)CNC(C)(C)CCc1ccccc1. The van der Waals surface area contributed by atoms with Crippen molar-refractivity contribution in [1.82, 2.24) is 5.32 Å². The van der Waals surface area contributed by atoms with Crippen LogP contribution in [0.5, 0.6) is 0 Å². The zero-order valence-corrected chi connectivity index (χ0v) is 13.4. The second-order valence-electron chi connectivity index (χ2n) is 5.24. The van der Waals surface area contributed by atoms with Crippen LogP contribution < -0.4 is 5.32 Å². The summed E-state index contributed by atoms with van der Waals surface area (Å²) in [6.45, 7) is 4.86. The van der Waals surface area contributed by atoms with Crippen molar-refractivity contribution < 1.29 is 9.53 Å². The molecule has 1 N–H and O–H groups in total. The van der Waals surface area contributed by atoms with E-state index in [1.165, 1.54) is 12.7 Å². The molecule has 1 aromatic carbocycles. The van der Waals surface area contributed by atoms with Gasteiger partial charge in [0, 0.05) is 12.1 Å². The molecule has 0 aliphatic carbocycles. The summed E-state index contributed by atoms with van der Waals surface area (Å²) in [4.78, 5) is 11.0. The van der Waals surface area contributed by atoms with Gasteiger partial charge in [-0.25, -0.2) is 0 Å². The van der Waals surface area contributed by atoms with E-state index in [1.54, 1.807) is 0 Å². The molecule has 106 valence electrons. The van der Waals surface area contributed by atoms with Crippen LogP contribution in [-0.2, 0) is 16.0 Å². The second-order valence-corrected chi connectivity index (χ2v) is 6.35. The second kappa shape index (κ2) is 7.65. The highest BCUT2D eigenvalue weighted by Gasteiger charge is 2.21. The van der Waals surface area contributed by atoms with Gasteiger partial charge >= 0.3 is 5.97 Å². The number of carbonyl (C=O) groups is 1. The third-order valence-corrected chi connectivity index (χ3v) is 3.80. The van der Waals surface area contributed by atoms with Crippen LogP contribution in [0.1, 0.15) is 25.8 Å². The molecule has 4 heteroatoms. The molecule has 0 saturated heterocycles. The van der Waals surface area contributed by atoms with Gasteiger partial charge in [0.25, 0.3) is 0 Å². The van der Waals surface area contributed by atoms with Gasteiger partial charge in [-0.3, -0.25) is 4.79 Å². The molecule has 3 nitrogen and oxygen atoms in total. The number of hydrogen-bond donors (Lipinski definition) is 1. The van der Waals surface area contributed by atoms with Crippen LogP contribution in [0.25, 0.3) is 0 Å². The van der Waals surface area contributed by atoms with Gasteiger partial charge in [0.15, 0.2) is 0 Å². The van der Waals surface area contributed by atoms with Crippen molar-refractivity contribution in [3.8, 4) is 0 Å². The fourth-order valence-corrected chi connectivity index (χ4v) is 2.12.